The minimum absolute atomic E-state index is 0.0178. The van der Waals surface area contributed by atoms with Crippen LogP contribution in [0, 0.1) is 0 Å². The number of ether oxygens (including phenoxy) is 2. The monoisotopic (exact) mass is 410 g/mol. The number of piperazine rings is 1. The summed E-state index contributed by atoms with van der Waals surface area (Å²) in [4.78, 5) is 17.8. The fourth-order valence-electron chi connectivity index (χ4n) is 3.81. The highest BCUT2D eigenvalue weighted by Gasteiger charge is 2.23. The van der Waals surface area contributed by atoms with Gasteiger partial charge in [0.25, 0.3) is 0 Å². The number of fused-ring (bicyclic) bond motifs is 1. The molecule has 0 radical (unpaired) electrons. The van der Waals surface area contributed by atoms with Crippen LogP contribution in [0.25, 0.3) is 22.1 Å². The molecule has 0 amide bonds. The number of phenolic OH excluding ortho intramolecular Hbond substituents is 1. The number of hydrogen-bond donors (Lipinski definition) is 1. The molecule has 2 aromatic carbocycles. The van der Waals surface area contributed by atoms with Gasteiger partial charge in [0.1, 0.15) is 17.6 Å². The summed E-state index contributed by atoms with van der Waals surface area (Å²) in [5.74, 6) is 1.00. The average Bonchev–Trinajstić information content (AvgIpc) is 2.77. The van der Waals surface area contributed by atoms with Crippen LogP contribution in [0.4, 0.5) is 0 Å². The molecule has 7 heteroatoms. The summed E-state index contributed by atoms with van der Waals surface area (Å²) in [7, 11) is 5.17. The Morgan fingerprint density at radius 3 is 2.40 bits per heavy atom. The van der Waals surface area contributed by atoms with Crippen molar-refractivity contribution in [3.63, 3.8) is 0 Å². The molecule has 158 valence electrons. The van der Waals surface area contributed by atoms with E-state index in [0.717, 1.165) is 31.7 Å². The molecule has 3 aromatic rings. The van der Waals surface area contributed by atoms with Gasteiger partial charge in [0.05, 0.1) is 30.7 Å². The lowest BCUT2D eigenvalue weighted by atomic mass is 10.0. The quantitative estimate of drug-likeness (QED) is 0.693. The Balaban J connectivity index is 1.80. The van der Waals surface area contributed by atoms with Crippen LogP contribution in [0.2, 0.25) is 0 Å². The van der Waals surface area contributed by atoms with Crippen molar-refractivity contribution in [2.24, 2.45) is 0 Å². The molecule has 0 bridgehead atoms. The van der Waals surface area contributed by atoms with E-state index in [1.807, 2.05) is 12.1 Å². The predicted octanol–water partition coefficient (Wildman–Crippen LogP) is 2.93. The van der Waals surface area contributed by atoms with Crippen molar-refractivity contribution in [1.82, 2.24) is 9.80 Å². The molecule has 7 nitrogen and oxygen atoms in total. The number of hydrogen-bond acceptors (Lipinski definition) is 7. The van der Waals surface area contributed by atoms with Crippen molar-refractivity contribution < 1.29 is 19.0 Å². The molecule has 1 N–H and O–H groups in total. The van der Waals surface area contributed by atoms with Gasteiger partial charge in [-0.15, -0.1) is 0 Å². The topological polar surface area (TPSA) is 75.4 Å². The van der Waals surface area contributed by atoms with Gasteiger partial charge in [-0.2, -0.15) is 0 Å². The molecule has 1 aliphatic heterocycles. The molecule has 0 atom stereocenters. The molecule has 0 unspecified atom stereocenters. The van der Waals surface area contributed by atoms with E-state index in [0.29, 0.717) is 34.4 Å². The van der Waals surface area contributed by atoms with E-state index < -0.39 is 0 Å². The number of nitrogens with zero attached hydrogens (tertiary/aromatic N) is 2. The lowest BCUT2D eigenvalue weighted by Gasteiger charge is -2.32. The third kappa shape index (κ3) is 3.74. The fourth-order valence-corrected chi connectivity index (χ4v) is 3.81. The van der Waals surface area contributed by atoms with Crippen molar-refractivity contribution in [2.75, 3.05) is 47.4 Å². The zero-order valence-corrected chi connectivity index (χ0v) is 17.5. The van der Waals surface area contributed by atoms with Crippen LogP contribution in [0.5, 0.6) is 17.2 Å². The van der Waals surface area contributed by atoms with Gasteiger partial charge >= 0.3 is 0 Å². The van der Waals surface area contributed by atoms with Gasteiger partial charge in [-0.3, -0.25) is 9.69 Å². The Labute approximate surface area is 175 Å². The Bertz CT molecular complexity index is 1100. The maximum absolute atomic E-state index is 13.3. The average molecular weight is 410 g/mol. The van der Waals surface area contributed by atoms with E-state index in [1.165, 1.54) is 13.4 Å². The number of methoxy groups -OCH3 is 2. The van der Waals surface area contributed by atoms with Gasteiger partial charge in [-0.1, -0.05) is 12.1 Å². The second-order valence-electron chi connectivity index (χ2n) is 7.57. The van der Waals surface area contributed by atoms with Crippen LogP contribution in [0.1, 0.15) is 5.56 Å². The van der Waals surface area contributed by atoms with Crippen molar-refractivity contribution in [3.8, 4) is 28.4 Å². The van der Waals surface area contributed by atoms with E-state index in [1.54, 1.807) is 25.3 Å². The molecule has 1 fully saturated rings. The second kappa shape index (κ2) is 8.38. The van der Waals surface area contributed by atoms with Gasteiger partial charge in [-0.25, -0.2) is 0 Å². The third-order valence-electron chi connectivity index (χ3n) is 5.70. The number of aromatic hydroxyl groups is 1. The van der Waals surface area contributed by atoms with Gasteiger partial charge in [-0.05, 0) is 30.8 Å². The van der Waals surface area contributed by atoms with Crippen LogP contribution in [-0.2, 0) is 6.54 Å². The van der Waals surface area contributed by atoms with E-state index >= 15 is 0 Å². The molecule has 0 spiro atoms. The third-order valence-corrected chi connectivity index (χ3v) is 5.70. The van der Waals surface area contributed by atoms with Gasteiger partial charge in [0, 0.05) is 32.7 Å². The Morgan fingerprint density at radius 2 is 1.77 bits per heavy atom. The van der Waals surface area contributed by atoms with Crippen molar-refractivity contribution in [3.05, 3.63) is 52.4 Å². The van der Waals surface area contributed by atoms with E-state index in [2.05, 4.69) is 16.8 Å². The maximum Gasteiger partial charge on any atom is 0.200 e. The van der Waals surface area contributed by atoms with Crippen molar-refractivity contribution in [1.29, 1.82) is 0 Å². The first-order valence-electron chi connectivity index (χ1n) is 9.91. The molecular formula is C23H26N2O5. The standard InChI is InChI=1S/C23H26N2O5/c1-24-8-10-25(11-9-24)13-18-22(27)20(29-3)12-17-21(26)19(14-30-23(17)18)15-4-6-16(28-2)7-5-15/h4-7,12,14,27H,8-11,13H2,1-3H3. The molecule has 30 heavy (non-hydrogen) atoms. The molecule has 1 aromatic heterocycles. The summed E-state index contributed by atoms with van der Waals surface area (Å²) in [5.41, 5.74) is 1.99. The maximum atomic E-state index is 13.3. The number of rotatable bonds is 5. The zero-order chi connectivity index (χ0) is 21.3. The number of benzene rings is 2. The summed E-state index contributed by atoms with van der Waals surface area (Å²) in [5, 5.41) is 11.2. The SMILES string of the molecule is COc1ccc(-c2coc3c(CN4CCN(C)CC4)c(O)c(OC)cc3c2=O)cc1. The molecule has 0 aliphatic carbocycles. The second-order valence-corrected chi connectivity index (χ2v) is 7.57. The van der Waals surface area contributed by atoms with E-state index in [4.69, 9.17) is 13.9 Å². The summed E-state index contributed by atoms with van der Waals surface area (Å²) >= 11 is 0. The summed E-state index contributed by atoms with van der Waals surface area (Å²) in [6.45, 7) is 4.15. The first kappa shape index (κ1) is 20.3. The lowest BCUT2D eigenvalue weighted by molar-refractivity contribution is 0.147. The number of likely N-dealkylation sites (N-methyl/N-ethyl adjacent to an activating group) is 1. The predicted molar refractivity (Wildman–Crippen MR) is 115 cm³/mol. The number of phenols is 1. The van der Waals surface area contributed by atoms with E-state index in [9.17, 15) is 9.90 Å². The van der Waals surface area contributed by atoms with Crippen LogP contribution in [-0.4, -0.2) is 62.4 Å². The Morgan fingerprint density at radius 1 is 1.07 bits per heavy atom. The highest BCUT2D eigenvalue weighted by Crippen LogP contribution is 2.37. The van der Waals surface area contributed by atoms with Crippen LogP contribution in [0.3, 0.4) is 0 Å². The van der Waals surface area contributed by atoms with Crippen LogP contribution >= 0.6 is 0 Å². The van der Waals surface area contributed by atoms with Gasteiger partial charge < -0.3 is 23.9 Å². The zero-order valence-electron chi connectivity index (χ0n) is 17.5. The van der Waals surface area contributed by atoms with Crippen molar-refractivity contribution in [2.45, 2.75) is 6.54 Å². The largest absolute Gasteiger partial charge is 0.504 e. The minimum atomic E-state index is -0.167. The molecular weight excluding hydrogens is 384 g/mol. The fraction of sp³-hybridized carbons (Fsp3) is 0.348. The van der Waals surface area contributed by atoms with Crippen LogP contribution in [0.15, 0.2) is 45.8 Å². The molecule has 2 heterocycles. The minimum Gasteiger partial charge on any atom is -0.504 e. The summed E-state index contributed by atoms with van der Waals surface area (Å²) in [6, 6.07) is 8.79. The highest BCUT2D eigenvalue weighted by atomic mass is 16.5. The van der Waals surface area contributed by atoms with Gasteiger partial charge in [0.2, 0.25) is 5.43 Å². The summed E-state index contributed by atoms with van der Waals surface area (Å²) < 4.78 is 16.5. The Kier molecular flexibility index (Phi) is 5.65. The highest BCUT2D eigenvalue weighted by molar-refractivity contribution is 5.87. The molecule has 4 rings (SSSR count). The van der Waals surface area contributed by atoms with Gasteiger partial charge in [0.15, 0.2) is 11.5 Å². The molecule has 0 saturated carbocycles. The lowest BCUT2D eigenvalue weighted by Crippen LogP contribution is -2.43. The van der Waals surface area contributed by atoms with Crippen molar-refractivity contribution >= 4 is 11.0 Å². The summed E-state index contributed by atoms with van der Waals surface area (Å²) in [6.07, 6.45) is 1.46. The first-order valence-corrected chi connectivity index (χ1v) is 9.91. The normalized spacial score (nSPS) is 15.4. The molecule has 1 aliphatic rings. The van der Waals surface area contributed by atoms with Crippen LogP contribution < -0.4 is 14.9 Å². The molecule has 1 saturated heterocycles. The van der Waals surface area contributed by atoms with E-state index in [-0.39, 0.29) is 16.9 Å². The smallest absolute Gasteiger partial charge is 0.200 e. The Hall–Kier alpha value is -3.03. The first-order chi connectivity index (χ1) is 14.5.